The molecule has 0 aliphatic rings. The van der Waals surface area contributed by atoms with Crippen molar-refractivity contribution in [1.82, 2.24) is 9.80 Å². The number of nitrogens with zero attached hydrogens (tertiary/aromatic N) is 2. The fraction of sp³-hybridized carbons (Fsp3) is 0.917. The molecule has 0 aromatic rings. The lowest BCUT2D eigenvalue weighted by Crippen LogP contribution is -2.42. The number of likely N-dealkylation sites (N-methyl/N-ethyl adjacent to an activating group) is 1. The first-order valence-electron chi connectivity index (χ1n) is 6.14. The highest BCUT2D eigenvalue weighted by molar-refractivity contribution is 5.81. The van der Waals surface area contributed by atoms with Gasteiger partial charge in [0.2, 0.25) is 5.91 Å². The lowest BCUT2D eigenvalue weighted by atomic mass is 10.1. The van der Waals surface area contributed by atoms with Crippen molar-refractivity contribution in [2.24, 2.45) is 5.73 Å². The summed E-state index contributed by atoms with van der Waals surface area (Å²) in [5.41, 5.74) is 5.83. The minimum Gasteiger partial charge on any atom is -0.344 e. The van der Waals surface area contributed by atoms with Gasteiger partial charge in [0.25, 0.3) is 0 Å². The van der Waals surface area contributed by atoms with Gasteiger partial charge in [-0.15, -0.1) is 0 Å². The average Bonchev–Trinajstić information content (AvgIpc) is 2.24. The van der Waals surface area contributed by atoms with Crippen molar-refractivity contribution in [2.75, 3.05) is 34.2 Å². The van der Waals surface area contributed by atoms with Crippen LogP contribution < -0.4 is 5.73 Å². The van der Waals surface area contributed by atoms with Crippen molar-refractivity contribution in [2.45, 2.75) is 38.6 Å². The van der Waals surface area contributed by atoms with E-state index in [0.717, 1.165) is 38.8 Å². The number of nitrogens with two attached hydrogens (primary N) is 1. The van der Waals surface area contributed by atoms with Crippen molar-refractivity contribution in [3.8, 4) is 0 Å². The van der Waals surface area contributed by atoms with E-state index in [4.69, 9.17) is 5.73 Å². The second-order valence-corrected chi connectivity index (χ2v) is 4.67. The summed E-state index contributed by atoms with van der Waals surface area (Å²) < 4.78 is 0. The van der Waals surface area contributed by atoms with Gasteiger partial charge in [-0.2, -0.15) is 0 Å². The van der Waals surface area contributed by atoms with E-state index in [1.54, 1.807) is 4.90 Å². The summed E-state index contributed by atoms with van der Waals surface area (Å²) in [6, 6.07) is -0.315. The third kappa shape index (κ3) is 6.80. The zero-order valence-corrected chi connectivity index (χ0v) is 11.2. The Hall–Kier alpha value is -0.610. The lowest BCUT2D eigenvalue weighted by Gasteiger charge is -2.22. The van der Waals surface area contributed by atoms with Gasteiger partial charge in [-0.25, -0.2) is 0 Å². The molecule has 0 bridgehead atoms. The molecule has 1 amide bonds. The molecule has 96 valence electrons. The number of amides is 1. The number of carbonyl (C=O) groups is 1. The van der Waals surface area contributed by atoms with Crippen LogP contribution in [0.1, 0.15) is 32.6 Å². The Labute approximate surface area is 99.8 Å². The average molecular weight is 229 g/mol. The Morgan fingerprint density at radius 3 is 2.31 bits per heavy atom. The van der Waals surface area contributed by atoms with E-state index in [0.29, 0.717) is 0 Å². The normalized spacial score (nSPS) is 12.9. The highest BCUT2D eigenvalue weighted by Crippen LogP contribution is 2.02. The minimum absolute atomic E-state index is 0.0761. The quantitative estimate of drug-likeness (QED) is 0.673. The van der Waals surface area contributed by atoms with Crippen LogP contribution >= 0.6 is 0 Å². The zero-order valence-electron chi connectivity index (χ0n) is 11.2. The molecule has 0 aliphatic heterocycles. The number of hydrogen-bond acceptors (Lipinski definition) is 3. The molecule has 1 atom stereocenters. The standard InChI is InChI=1S/C12H27N3O/c1-5-6-8-11(13)12(16)15(4)10-7-9-14(2)3/h11H,5-10,13H2,1-4H3. The van der Waals surface area contributed by atoms with E-state index >= 15 is 0 Å². The number of rotatable bonds is 8. The van der Waals surface area contributed by atoms with Gasteiger partial charge in [0.05, 0.1) is 6.04 Å². The Bertz CT molecular complexity index is 195. The van der Waals surface area contributed by atoms with Crippen molar-refractivity contribution >= 4 is 5.91 Å². The molecule has 0 radical (unpaired) electrons. The molecule has 0 spiro atoms. The fourth-order valence-corrected chi connectivity index (χ4v) is 1.56. The zero-order chi connectivity index (χ0) is 12.6. The Kier molecular flexibility index (Phi) is 8.21. The summed E-state index contributed by atoms with van der Waals surface area (Å²) in [5.74, 6) is 0.0761. The summed E-state index contributed by atoms with van der Waals surface area (Å²) in [7, 11) is 5.91. The second kappa shape index (κ2) is 8.53. The number of unbranched alkanes of at least 4 members (excludes halogenated alkanes) is 1. The molecule has 1 unspecified atom stereocenters. The highest BCUT2D eigenvalue weighted by atomic mass is 16.2. The van der Waals surface area contributed by atoms with Crippen LogP contribution in [-0.2, 0) is 4.79 Å². The molecule has 0 aromatic carbocycles. The molecule has 0 aromatic heterocycles. The largest absolute Gasteiger partial charge is 0.344 e. The maximum atomic E-state index is 11.8. The monoisotopic (exact) mass is 229 g/mol. The summed E-state index contributed by atoms with van der Waals surface area (Å²) in [5, 5.41) is 0. The Morgan fingerprint density at radius 1 is 1.19 bits per heavy atom. The van der Waals surface area contributed by atoms with Crippen molar-refractivity contribution in [1.29, 1.82) is 0 Å². The van der Waals surface area contributed by atoms with E-state index in [2.05, 4.69) is 11.8 Å². The van der Waals surface area contributed by atoms with E-state index in [1.807, 2.05) is 21.1 Å². The van der Waals surface area contributed by atoms with Crippen molar-refractivity contribution in [3.05, 3.63) is 0 Å². The fourth-order valence-electron chi connectivity index (χ4n) is 1.56. The molecule has 0 heterocycles. The SMILES string of the molecule is CCCCC(N)C(=O)N(C)CCCN(C)C. The first-order valence-corrected chi connectivity index (χ1v) is 6.14. The first kappa shape index (κ1) is 15.4. The van der Waals surface area contributed by atoms with E-state index in [9.17, 15) is 4.79 Å². The van der Waals surface area contributed by atoms with Crippen LogP contribution in [0.3, 0.4) is 0 Å². The van der Waals surface area contributed by atoms with Crippen LogP contribution in [0.5, 0.6) is 0 Å². The molecule has 16 heavy (non-hydrogen) atoms. The van der Waals surface area contributed by atoms with Crippen LogP contribution in [0.15, 0.2) is 0 Å². The van der Waals surface area contributed by atoms with Gasteiger partial charge in [-0.1, -0.05) is 19.8 Å². The topological polar surface area (TPSA) is 49.6 Å². The van der Waals surface area contributed by atoms with Gasteiger partial charge in [-0.05, 0) is 33.5 Å². The molecular weight excluding hydrogens is 202 g/mol. The molecule has 0 saturated heterocycles. The molecule has 4 heteroatoms. The van der Waals surface area contributed by atoms with Gasteiger partial charge < -0.3 is 15.5 Å². The molecule has 0 fully saturated rings. The van der Waals surface area contributed by atoms with Gasteiger partial charge >= 0.3 is 0 Å². The molecular formula is C12H27N3O. The van der Waals surface area contributed by atoms with Crippen LogP contribution in [0.4, 0.5) is 0 Å². The number of carbonyl (C=O) groups excluding carboxylic acids is 1. The van der Waals surface area contributed by atoms with Crippen LogP contribution in [0, 0.1) is 0 Å². The number of hydrogen-bond donors (Lipinski definition) is 1. The molecule has 0 saturated carbocycles. The smallest absolute Gasteiger partial charge is 0.239 e. The molecule has 2 N–H and O–H groups in total. The second-order valence-electron chi connectivity index (χ2n) is 4.67. The molecule has 0 aliphatic carbocycles. The van der Waals surface area contributed by atoms with Gasteiger partial charge in [0.15, 0.2) is 0 Å². The third-order valence-electron chi connectivity index (χ3n) is 2.66. The summed E-state index contributed by atoms with van der Waals surface area (Å²) >= 11 is 0. The van der Waals surface area contributed by atoms with Crippen LogP contribution in [0.25, 0.3) is 0 Å². The predicted molar refractivity (Wildman–Crippen MR) is 68.3 cm³/mol. The van der Waals surface area contributed by atoms with Crippen LogP contribution in [-0.4, -0.2) is 56.0 Å². The van der Waals surface area contributed by atoms with Crippen molar-refractivity contribution in [3.63, 3.8) is 0 Å². The lowest BCUT2D eigenvalue weighted by molar-refractivity contribution is -0.131. The van der Waals surface area contributed by atoms with E-state index in [1.165, 1.54) is 0 Å². The summed E-state index contributed by atoms with van der Waals surface area (Å²) in [6.45, 7) is 3.90. The maximum absolute atomic E-state index is 11.8. The van der Waals surface area contributed by atoms with E-state index < -0.39 is 0 Å². The highest BCUT2D eigenvalue weighted by Gasteiger charge is 2.16. The Morgan fingerprint density at radius 2 is 1.81 bits per heavy atom. The van der Waals surface area contributed by atoms with Crippen molar-refractivity contribution < 1.29 is 4.79 Å². The van der Waals surface area contributed by atoms with Gasteiger partial charge in [-0.3, -0.25) is 4.79 Å². The van der Waals surface area contributed by atoms with Gasteiger partial charge in [0, 0.05) is 13.6 Å². The van der Waals surface area contributed by atoms with E-state index in [-0.39, 0.29) is 11.9 Å². The molecule has 0 rings (SSSR count). The Balaban J connectivity index is 3.79. The predicted octanol–water partition coefficient (Wildman–Crippen LogP) is 0.914. The van der Waals surface area contributed by atoms with Crippen LogP contribution in [0.2, 0.25) is 0 Å². The maximum Gasteiger partial charge on any atom is 0.239 e. The third-order valence-corrected chi connectivity index (χ3v) is 2.66. The first-order chi connectivity index (χ1) is 7.49. The summed E-state index contributed by atoms with van der Waals surface area (Å²) in [4.78, 5) is 15.7. The van der Waals surface area contributed by atoms with Gasteiger partial charge in [0.1, 0.15) is 0 Å². The molecule has 4 nitrogen and oxygen atoms in total. The summed E-state index contributed by atoms with van der Waals surface area (Å²) in [6.07, 6.45) is 3.91. The minimum atomic E-state index is -0.315.